The van der Waals surface area contributed by atoms with Gasteiger partial charge in [-0.2, -0.15) is 0 Å². The number of amides is 1. The number of rotatable bonds is 4. The lowest BCUT2D eigenvalue weighted by Crippen LogP contribution is -2.09. The Morgan fingerprint density at radius 1 is 0.950 bits per heavy atom. The topological polar surface area (TPSA) is 41.1 Å². The molecule has 0 aliphatic carbocycles. The van der Waals surface area contributed by atoms with Crippen LogP contribution in [0.4, 0.5) is 17.1 Å². The van der Waals surface area contributed by atoms with Gasteiger partial charge in [0, 0.05) is 23.5 Å². The molecule has 0 aliphatic rings. The molecule has 3 nitrogen and oxygen atoms in total. The van der Waals surface area contributed by atoms with Crippen molar-refractivity contribution in [3.05, 3.63) is 52.5 Å². The van der Waals surface area contributed by atoms with Gasteiger partial charge in [-0.05, 0) is 42.5 Å². The van der Waals surface area contributed by atoms with E-state index in [1.807, 2.05) is 37.3 Å². The van der Waals surface area contributed by atoms with Crippen molar-refractivity contribution in [3.63, 3.8) is 0 Å². The summed E-state index contributed by atoms with van der Waals surface area (Å²) < 4.78 is 0. The van der Waals surface area contributed by atoms with Crippen LogP contribution in [-0.4, -0.2) is 5.91 Å². The molecule has 2 aromatic rings. The number of anilines is 3. The molecule has 104 valence electrons. The average Bonchev–Trinajstić information content (AvgIpc) is 2.45. The van der Waals surface area contributed by atoms with Gasteiger partial charge in [0.15, 0.2) is 0 Å². The quantitative estimate of drug-likeness (QED) is 0.826. The second-order valence-corrected chi connectivity index (χ2v) is 5.05. The monoisotopic (exact) mass is 308 g/mol. The Balaban J connectivity index is 2.06. The first-order chi connectivity index (χ1) is 9.58. The lowest BCUT2D eigenvalue weighted by Gasteiger charge is -2.09. The van der Waals surface area contributed by atoms with Crippen molar-refractivity contribution in [2.45, 2.75) is 13.3 Å². The molecule has 0 heterocycles. The normalized spacial score (nSPS) is 10.2. The largest absolute Gasteiger partial charge is 0.355 e. The van der Waals surface area contributed by atoms with Gasteiger partial charge in [0.25, 0.3) is 0 Å². The van der Waals surface area contributed by atoms with Gasteiger partial charge in [-0.25, -0.2) is 0 Å². The van der Waals surface area contributed by atoms with Crippen LogP contribution in [0.15, 0.2) is 42.5 Å². The van der Waals surface area contributed by atoms with Gasteiger partial charge in [-0.3, -0.25) is 4.79 Å². The van der Waals surface area contributed by atoms with Crippen molar-refractivity contribution in [1.82, 2.24) is 0 Å². The summed E-state index contributed by atoms with van der Waals surface area (Å²) in [5.41, 5.74) is 2.53. The molecule has 2 aromatic carbocycles. The van der Waals surface area contributed by atoms with E-state index in [0.29, 0.717) is 16.5 Å². The summed E-state index contributed by atoms with van der Waals surface area (Å²) in [4.78, 5) is 11.3. The van der Waals surface area contributed by atoms with Crippen molar-refractivity contribution in [3.8, 4) is 0 Å². The van der Waals surface area contributed by atoms with Crippen LogP contribution in [0, 0.1) is 0 Å². The first-order valence-electron chi connectivity index (χ1n) is 6.20. The molecule has 5 heteroatoms. The Labute approximate surface area is 127 Å². The Morgan fingerprint density at radius 2 is 1.55 bits per heavy atom. The predicted octanol–water partition coefficient (Wildman–Crippen LogP) is 5.09. The van der Waals surface area contributed by atoms with Crippen molar-refractivity contribution < 1.29 is 4.79 Å². The fourth-order valence-electron chi connectivity index (χ4n) is 1.63. The summed E-state index contributed by atoms with van der Waals surface area (Å²) in [6.45, 7) is 1.82. The molecule has 0 aliphatic heterocycles. The zero-order chi connectivity index (χ0) is 14.5. The molecule has 0 atom stereocenters. The van der Waals surface area contributed by atoms with Crippen LogP contribution < -0.4 is 10.6 Å². The molecule has 0 saturated heterocycles. The van der Waals surface area contributed by atoms with E-state index >= 15 is 0 Å². The second-order valence-electron chi connectivity index (χ2n) is 4.23. The maximum Gasteiger partial charge on any atom is 0.224 e. The van der Waals surface area contributed by atoms with E-state index in [0.717, 1.165) is 17.1 Å². The standard InChI is InChI=1S/C15H14Cl2N2O/c1-2-15(20)19-11-5-3-10(4-6-11)18-12-7-8-13(16)14(17)9-12/h3-9,18H,2H2,1H3,(H,19,20). The lowest BCUT2D eigenvalue weighted by atomic mass is 10.2. The lowest BCUT2D eigenvalue weighted by molar-refractivity contribution is -0.115. The molecule has 0 saturated carbocycles. The highest BCUT2D eigenvalue weighted by atomic mass is 35.5. The van der Waals surface area contributed by atoms with Crippen molar-refractivity contribution >= 4 is 46.2 Å². The van der Waals surface area contributed by atoms with E-state index in [2.05, 4.69) is 10.6 Å². The molecule has 0 bridgehead atoms. The van der Waals surface area contributed by atoms with Crippen LogP contribution in [0.2, 0.25) is 10.0 Å². The van der Waals surface area contributed by atoms with E-state index in [9.17, 15) is 4.79 Å². The van der Waals surface area contributed by atoms with Gasteiger partial charge in [-0.1, -0.05) is 30.1 Å². The Hall–Kier alpha value is -1.71. The summed E-state index contributed by atoms with van der Waals surface area (Å²) in [5.74, 6) is -0.00445. The molecule has 0 radical (unpaired) electrons. The number of carbonyl (C=O) groups excluding carboxylic acids is 1. The third-order valence-electron chi connectivity index (χ3n) is 2.70. The van der Waals surface area contributed by atoms with Gasteiger partial charge in [-0.15, -0.1) is 0 Å². The molecule has 0 fully saturated rings. The zero-order valence-electron chi connectivity index (χ0n) is 10.9. The predicted molar refractivity (Wildman–Crippen MR) is 85.1 cm³/mol. The van der Waals surface area contributed by atoms with E-state index in [1.54, 1.807) is 12.1 Å². The highest BCUT2D eigenvalue weighted by Gasteiger charge is 2.01. The van der Waals surface area contributed by atoms with Crippen LogP contribution in [0.1, 0.15) is 13.3 Å². The SMILES string of the molecule is CCC(=O)Nc1ccc(Nc2ccc(Cl)c(Cl)c2)cc1. The summed E-state index contributed by atoms with van der Waals surface area (Å²) in [7, 11) is 0. The summed E-state index contributed by atoms with van der Waals surface area (Å²) >= 11 is 11.8. The Bertz CT molecular complexity index is 612. The summed E-state index contributed by atoms with van der Waals surface area (Å²) in [6.07, 6.45) is 0.462. The minimum atomic E-state index is -0.00445. The van der Waals surface area contributed by atoms with Crippen LogP contribution in [-0.2, 0) is 4.79 Å². The Kier molecular flexibility index (Phi) is 4.88. The van der Waals surface area contributed by atoms with Crippen molar-refractivity contribution in [2.24, 2.45) is 0 Å². The molecule has 0 aromatic heterocycles. The van der Waals surface area contributed by atoms with E-state index < -0.39 is 0 Å². The maximum absolute atomic E-state index is 11.3. The number of benzene rings is 2. The molecule has 0 unspecified atom stereocenters. The highest BCUT2D eigenvalue weighted by molar-refractivity contribution is 6.42. The van der Waals surface area contributed by atoms with Gasteiger partial charge in [0.05, 0.1) is 10.0 Å². The number of hydrogen-bond donors (Lipinski definition) is 2. The first kappa shape index (κ1) is 14.7. The third-order valence-corrected chi connectivity index (χ3v) is 3.44. The fourth-order valence-corrected chi connectivity index (χ4v) is 1.92. The van der Waals surface area contributed by atoms with Crippen molar-refractivity contribution in [2.75, 3.05) is 10.6 Å². The number of carbonyl (C=O) groups is 1. The number of nitrogens with one attached hydrogen (secondary N) is 2. The van der Waals surface area contributed by atoms with Crippen molar-refractivity contribution in [1.29, 1.82) is 0 Å². The third kappa shape index (κ3) is 3.89. The molecule has 0 spiro atoms. The molecule has 1 amide bonds. The van der Waals surface area contributed by atoms with Gasteiger partial charge < -0.3 is 10.6 Å². The number of hydrogen-bond acceptors (Lipinski definition) is 2. The first-order valence-corrected chi connectivity index (χ1v) is 6.96. The molecule has 2 N–H and O–H groups in total. The smallest absolute Gasteiger partial charge is 0.224 e. The molecular formula is C15H14Cl2N2O. The van der Waals surface area contributed by atoms with Gasteiger partial charge in [0.2, 0.25) is 5.91 Å². The van der Waals surface area contributed by atoms with Crippen LogP contribution in [0.3, 0.4) is 0 Å². The molecule has 20 heavy (non-hydrogen) atoms. The second kappa shape index (κ2) is 6.64. The van der Waals surface area contributed by atoms with E-state index in [-0.39, 0.29) is 5.91 Å². The van der Waals surface area contributed by atoms with Crippen LogP contribution in [0.25, 0.3) is 0 Å². The number of halogens is 2. The summed E-state index contributed by atoms with van der Waals surface area (Å²) in [6, 6.07) is 12.8. The summed E-state index contributed by atoms with van der Waals surface area (Å²) in [5, 5.41) is 7.03. The maximum atomic E-state index is 11.3. The van der Waals surface area contributed by atoms with E-state index in [4.69, 9.17) is 23.2 Å². The average molecular weight is 309 g/mol. The van der Waals surface area contributed by atoms with E-state index in [1.165, 1.54) is 0 Å². The minimum Gasteiger partial charge on any atom is -0.355 e. The molecule has 2 rings (SSSR count). The van der Waals surface area contributed by atoms with Gasteiger partial charge in [0.1, 0.15) is 0 Å². The van der Waals surface area contributed by atoms with Gasteiger partial charge >= 0.3 is 0 Å². The fraction of sp³-hybridized carbons (Fsp3) is 0.133. The zero-order valence-corrected chi connectivity index (χ0v) is 12.4. The van der Waals surface area contributed by atoms with Crippen LogP contribution in [0.5, 0.6) is 0 Å². The highest BCUT2D eigenvalue weighted by Crippen LogP contribution is 2.27. The minimum absolute atomic E-state index is 0.00445. The molecular weight excluding hydrogens is 295 g/mol. The van der Waals surface area contributed by atoms with Crippen LogP contribution >= 0.6 is 23.2 Å². The Morgan fingerprint density at radius 3 is 2.15 bits per heavy atom.